The highest BCUT2D eigenvalue weighted by Crippen LogP contribution is 2.38. The third-order valence-electron chi connectivity index (χ3n) is 3.28. The lowest BCUT2D eigenvalue weighted by molar-refractivity contribution is -0.194. The fourth-order valence-electron chi connectivity index (χ4n) is 2.51. The summed E-state index contributed by atoms with van der Waals surface area (Å²) in [4.78, 5) is 11.6. The smallest absolute Gasteiger partial charge is 0.400 e. The summed E-state index contributed by atoms with van der Waals surface area (Å²) in [5, 5.41) is 9.77. The number of cyclic esters (lactones) is 1. The Balaban J connectivity index is 1.86. The van der Waals surface area contributed by atoms with Gasteiger partial charge in [-0.25, -0.2) is 13.2 Å². The first-order valence-electron chi connectivity index (χ1n) is 6.00. The lowest BCUT2D eigenvalue weighted by Gasteiger charge is -2.35. The molecule has 0 saturated carbocycles. The van der Waals surface area contributed by atoms with Crippen LogP contribution < -0.4 is 0 Å². The first kappa shape index (κ1) is 14.2. The minimum absolute atomic E-state index is 0.288. The largest absolute Gasteiger partial charge is 0.455 e. The average molecular weight is 310 g/mol. The van der Waals surface area contributed by atoms with Crippen LogP contribution in [0.5, 0.6) is 0 Å². The summed E-state index contributed by atoms with van der Waals surface area (Å²) in [6.45, 7) is 2.94. The van der Waals surface area contributed by atoms with Gasteiger partial charge in [-0.2, -0.15) is 8.42 Å². The normalized spacial score (nSPS) is 46.0. The van der Waals surface area contributed by atoms with Crippen molar-refractivity contribution in [1.82, 2.24) is 0 Å². The van der Waals surface area contributed by atoms with Crippen molar-refractivity contribution in [3.05, 3.63) is 0 Å². The zero-order valence-electron chi connectivity index (χ0n) is 10.7. The average Bonchev–Trinajstić information content (AvgIpc) is 2.83. The molecule has 0 aromatic rings. The molecule has 5 atom stereocenters. The maximum atomic E-state index is 11.6. The Kier molecular flexibility index (Phi) is 3.09. The second-order valence-corrected chi connectivity index (χ2v) is 6.48. The molecular weight excluding hydrogens is 296 g/mol. The van der Waals surface area contributed by atoms with Crippen LogP contribution in [0.25, 0.3) is 0 Å². The van der Waals surface area contributed by atoms with Gasteiger partial charge in [0.05, 0.1) is 0 Å². The van der Waals surface area contributed by atoms with Gasteiger partial charge >= 0.3 is 16.4 Å². The Morgan fingerprint density at radius 1 is 1.20 bits per heavy atom. The highest BCUT2D eigenvalue weighted by molar-refractivity contribution is 7.82. The van der Waals surface area contributed by atoms with Gasteiger partial charge in [-0.3, -0.25) is 0 Å². The highest BCUT2D eigenvalue weighted by atomic mass is 32.3. The molecule has 0 aromatic carbocycles. The molecule has 0 aromatic heterocycles. The summed E-state index contributed by atoms with van der Waals surface area (Å²) in [5.41, 5.74) is 0. The molecule has 1 N–H and O–H groups in total. The van der Waals surface area contributed by atoms with Crippen molar-refractivity contribution in [1.29, 1.82) is 0 Å². The summed E-state index contributed by atoms with van der Waals surface area (Å²) in [5.74, 6) is -1.94. The van der Waals surface area contributed by atoms with Gasteiger partial charge in [0, 0.05) is 0 Å². The Morgan fingerprint density at radius 2 is 1.85 bits per heavy atom. The summed E-state index contributed by atoms with van der Waals surface area (Å²) >= 11 is 0. The molecule has 0 radical (unpaired) electrons. The predicted octanol–water partition coefficient (Wildman–Crippen LogP) is -1.55. The van der Waals surface area contributed by atoms with Crippen LogP contribution in [-0.2, 0) is 37.8 Å². The number of aliphatic hydroxyl groups excluding tert-OH is 1. The molecule has 3 aliphatic heterocycles. The highest BCUT2D eigenvalue weighted by Gasteiger charge is 2.58. The van der Waals surface area contributed by atoms with Crippen molar-refractivity contribution in [3.8, 4) is 0 Å². The number of hydrogen-bond donors (Lipinski definition) is 1. The van der Waals surface area contributed by atoms with Crippen LogP contribution in [0.4, 0.5) is 0 Å². The topological polar surface area (TPSA) is 118 Å². The maximum Gasteiger partial charge on any atom is 0.400 e. The second kappa shape index (κ2) is 4.36. The Labute approximate surface area is 115 Å². The minimum Gasteiger partial charge on any atom is -0.455 e. The number of esters is 1. The number of hydrogen-bond acceptors (Lipinski definition) is 9. The van der Waals surface area contributed by atoms with Crippen LogP contribution in [-0.4, -0.2) is 62.4 Å². The van der Waals surface area contributed by atoms with Gasteiger partial charge in [-0.05, 0) is 13.8 Å². The van der Waals surface area contributed by atoms with E-state index in [0.29, 0.717) is 0 Å². The zero-order valence-corrected chi connectivity index (χ0v) is 11.5. The molecule has 0 unspecified atom stereocenters. The lowest BCUT2D eigenvalue weighted by Crippen LogP contribution is -2.58. The number of ether oxygens (including phenoxy) is 3. The number of fused-ring (bicyclic) bond motifs is 1. The van der Waals surface area contributed by atoms with Crippen LogP contribution in [0.2, 0.25) is 0 Å². The standard InChI is InChI=1S/C10H14O9S/c1-10(2)17-7-5(11)9(12)16-6(8(7)18-10)4-3-15-20(13,14)19-4/h4-8,11H,3H2,1-2H3/t4-,5+,6-,7-,8+/m1/s1. The molecule has 0 bridgehead atoms. The third kappa shape index (κ3) is 2.32. The fourth-order valence-corrected chi connectivity index (χ4v) is 3.34. The number of rotatable bonds is 1. The molecule has 20 heavy (non-hydrogen) atoms. The van der Waals surface area contributed by atoms with Gasteiger partial charge in [0.15, 0.2) is 18.0 Å². The predicted molar refractivity (Wildman–Crippen MR) is 59.5 cm³/mol. The van der Waals surface area contributed by atoms with Crippen molar-refractivity contribution in [2.75, 3.05) is 6.61 Å². The van der Waals surface area contributed by atoms with Gasteiger partial charge in [0.2, 0.25) is 0 Å². The number of carbonyl (C=O) groups is 1. The summed E-state index contributed by atoms with van der Waals surface area (Å²) in [6, 6.07) is 0. The van der Waals surface area contributed by atoms with Crippen molar-refractivity contribution >= 4 is 16.4 Å². The fraction of sp³-hybridized carbons (Fsp3) is 0.900. The molecule has 0 spiro atoms. The molecule has 9 nitrogen and oxygen atoms in total. The molecule has 10 heteroatoms. The molecular formula is C10H14O9S. The molecule has 3 aliphatic rings. The molecule has 0 amide bonds. The van der Waals surface area contributed by atoms with E-state index in [-0.39, 0.29) is 6.61 Å². The van der Waals surface area contributed by atoms with Gasteiger partial charge in [0.25, 0.3) is 0 Å². The van der Waals surface area contributed by atoms with Crippen LogP contribution in [0.3, 0.4) is 0 Å². The molecule has 3 fully saturated rings. The summed E-state index contributed by atoms with van der Waals surface area (Å²) < 4.78 is 47.5. The van der Waals surface area contributed by atoms with Crippen molar-refractivity contribution < 1.29 is 40.9 Å². The first-order chi connectivity index (χ1) is 9.19. The minimum atomic E-state index is -4.08. The van der Waals surface area contributed by atoms with Gasteiger partial charge in [-0.15, -0.1) is 0 Å². The lowest BCUT2D eigenvalue weighted by atomic mass is 9.96. The molecule has 3 rings (SSSR count). The second-order valence-electron chi connectivity index (χ2n) is 5.24. The van der Waals surface area contributed by atoms with Crippen molar-refractivity contribution in [2.45, 2.75) is 50.2 Å². The molecule has 3 saturated heterocycles. The van der Waals surface area contributed by atoms with E-state index in [1.54, 1.807) is 13.8 Å². The van der Waals surface area contributed by atoms with Gasteiger partial charge in [0.1, 0.15) is 24.9 Å². The molecule has 3 heterocycles. The van der Waals surface area contributed by atoms with Crippen LogP contribution in [0, 0.1) is 0 Å². The van der Waals surface area contributed by atoms with E-state index in [4.69, 9.17) is 18.4 Å². The molecule has 0 aliphatic carbocycles. The van der Waals surface area contributed by atoms with E-state index in [1.165, 1.54) is 0 Å². The van der Waals surface area contributed by atoms with E-state index >= 15 is 0 Å². The van der Waals surface area contributed by atoms with E-state index < -0.39 is 52.7 Å². The van der Waals surface area contributed by atoms with Crippen LogP contribution in [0.1, 0.15) is 13.8 Å². The first-order valence-corrected chi connectivity index (χ1v) is 7.34. The quantitative estimate of drug-likeness (QED) is 0.574. The third-order valence-corrected chi connectivity index (χ3v) is 4.18. The summed E-state index contributed by atoms with van der Waals surface area (Å²) in [7, 11) is -4.08. The summed E-state index contributed by atoms with van der Waals surface area (Å²) in [6.07, 6.45) is -5.32. The zero-order chi connectivity index (χ0) is 14.7. The van der Waals surface area contributed by atoms with Crippen molar-refractivity contribution in [3.63, 3.8) is 0 Å². The van der Waals surface area contributed by atoms with Crippen LogP contribution >= 0.6 is 0 Å². The van der Waals surface area contributed by atoms with E-state index in [1.807, 2.05) is 0 Å². The molecule has 114 valence electrons. The Bertz CT molecular complexity index is 527. The van der Waals surface area contributed by atoms with Crippen molar-refractivity contribution in [2.24, 2.45) is 0 Å². The number of aliphatic hydroxyl groups is 1. The van der Waals surface area contributed by atoms with Crippen LogP contribution in [0.15, 0.2) is 0 Å². The van der Waals surface area contributed by atoms with Gasteiger partial charge in [-0.1, -0.05) is 0 Å². The number of carbonyl (C=O) groups excluding carboxylic acids is 1. The maximum absolute atomic E-state index is 11.6. The Morgan fingerprint density at radius 3 is 2.45 bits per heavy atom. The monoisotopic (exact) mass is 310 g/mol. The van der Waals surface area contributed by atoms with E-state index in [9.17, 15) is 18.3 Å². The van der Waals surface area contributed by atoms with E-state index in [2.05, 4.69) is 4.18 Å². The SMILES string of the molecule is CC1(C)O[C@@H]2[C@H](O1)[C@H](O)C(=O)O[C@@H]2[C@H]1COS(=O)(=O)O1. The van der Waals surface area contributed by atoms with E-state index in [0.717, 1.165) is 0 Å². The van der Waals surface area contributed by atoms with Gasteiger partial charge < -0.3 is 19.3 Å². The Hall–Kier alpha value is -0.780.